The summed E-state index contributed by atoms with van der Waals surface area (Å²) in [6, 6.07) is 6.74. The molecule has 0 spiro atoms. The maximum absolute atomic E-state index is 11.9. The van der Waals surface area contributed by atoms with Crippen LogP contribution < -0.4 is 10.6 Å². The van der Waals surface area contributed by atoms with Crippen molar-refractivity contribution in [2.45, 2.75) is 12.8 Å². The zero-order valence-electron chi connectivity index (χ0n) is 13.0. The molecule has 0 saturated carbocycles. The summed E-state index contributed by atoms with van der Waals surface area (Å²) in [5.74, 6) is -0.105. The van der Waals surface area contributed by atoms with E-state index in [4.69, 9.17) is 11.6 Å². The number of ketones is 1. The van der Waals surface area contributed by atoms with Crippen molar-refractivity contribution >= 4 is 35.7 Å². The Bertz CT molecular complexity index is 503. The van der Waals surface area contributed by atoms with E-state index in [2.05, 4.69) is 15.5 Å². The van der Waals surface area contributed by atoms with Gasteiger partial charge in [-0.05, 0) is 24.3 Å². The first-order chi connectivity index (χ1) is 10.6. The standard InChI is InChI=1S/C16H22ClN3O2.ClH/c17-14-3-1-13(2-4-14)15(21)5-6-16(22)19-9-12-20-10-7-18-8-11-20;/h1-4,18H,5-12H2,(H,19,22);1H. The first kappa shape index (κ1) is 19.9. The van der Waals surface area contributed by atoms with Gasteiger partial charge in [0.25, 0.3) is 0 Å². The van der Waals surface area contributed by atoms with Crippen LogP contribution in [0.25, 0.3) is 0 Å². The van der Waals surface area contributed by atoms with Crippen LogP contribution in [0, 0.1) is 0 Å². The number of carbonyl (C=O) groups is 2. The number of rotatable bonds is 7. The molecule has 23 heavy (non-hydrogen) atoms. The smallest absolute Gasteiger partial charge is 0.220 e. The topological polar surface area (TPSA) is 61.4 Å². The lowest BCUT2D eigenvalue weighted by Gasteiger charge is -2.27. The average Bonchev–Trinajstić information content (AvgIpc) is 2.54. The van der Waals surface area contributed by atoms with E-state index in [0.717, 1.165) is 32.7 Å². The van der Waals surface area contributed by atoms with Crippen LogP contribution >= 0.6 is 24.0 Å². The fraction of sp³-hybridized carbons (Fsp3) is 0.500. The summed E-state index contributed by atoms with van der Waals surface area (Å²) in [6.45, 7) is 5.54. The summed E-state index contributed by atoms with van der Waals surface area (Å²) < 4.78 is 0. The number of amides is 1. The van der Waals surface area contributed by atoms with Gasteiger partial charge < -0.3 is 10.6 Å². The van der Waals surface area contributed by atoms with Crippen molar-refractivity contribution in [3.8, 4) is 0 Å². The molecule has 0 atom stereocenters. The molecule has 2 N–H and O–H groups in total. The summed E-state index contributed by atoms with van der Waals surface area (Å²) >= 11 is 5.78. The second kappa shape index (κ2) is 10.6. The molecule has 1 heterocycles. The SMILES string of the molecule is Cl.O=C(CCC(=O)c1ccc(Cl)cc1)NCCN1CCNCC1. The maximum Gasteiger partial charge on any atom is 0.220 e. The van der Waals surface area contributed by atoms with Crippen LogP contribution in [0.1, 0.15) is 23.2 Å². The zero-order valence-corrected chi connectivity index (χ0v) is 14.6. The Morgan fingerprint density at radius 3 is 2.43 bits per heavy atom. The Labute approximate surface area is 148 Å². The van der Waals surface area contributed by atoms with E-state index in [1.807, 2.05) is 0 Å². The highest BCUT2D eigenvalue weighted by molar-refractivity contribution is 6.30. The van der Waals surface area contributed by atoms with Crippen LogP contribution in [0.15, 0.2) is 24.3 Å². The average molecular weight is 360 g/mol. The van der Waals surface area contributed by atoms with Crippen LogP contribution in [0.3, 0.4) is 0 Å². The van der Waals surface area contributed by atoms with Crippen LogP contribution in [0.2, 0.25) is 5.02 Å². The minimum absolute atomic E-state index is 0. The van der Waals surface area contributed by atoms with E-state index in [1.165, 1.54) is 0 Å². The molecule has 1 fully saturated rings. The Balaban J connectivity index is 0.00000264. The zero-order chi connectivity index (χ0) is 15.8. The van der Waals surface area contributed by atoms with E-state index in [1.54, 1.807) is 24.3 Å². The van der Waals surface area contributed by atoms with E-state index in [0.29, 0.717) is 17.1 Å². The van der Waals surface area contributed by atoms with Gasteiger partial charge >= 0.3 is 0 Å². The fourth-order valence-electron chi connectivity index (χ4n) is 2.38. The predicted octanol–water partition coefficient (Wildman–Crippen LogP) is 1.75. The van der Waals surface area contributed by atoms with Gasteiger partial charge in [-0.15, -0.1) is 12.4 Å². The highest BCUT2D eigenvalue weighted by Crippen LogP contribution is 2.11. The van der Waals surface area contributed by atoms with E-state index in [-0.39, 0.29) is 36.9 Å². The van der Waals surface area contributed by atoms with Gasteiger partial charge in [0.15, 0.2) is 5.78 Å². The van der Waals surface area contributed by atoms with Gasteiger partial charge in [-0.2, -0.15) is 0 Å². The summed E-state index contributed by atoms with van der Waals surface area (Å²) in [6.07, 6.45) is 0.449. The third-order valence-corrected chi connectivity index (χ3v) is 3.96. The Morgan fingerprint density at radius 2 is 1.78 bits per heavy atom. The van der Waals surface area contributed by atoms with Crippen LogP contribution in [-0.4, -0.2) is 55.9 Å². The molecule has 0 unspecified atom stereocenters. The molecule has 2 rings (SSSR count). The summed E-state index contributed by atoms with van der Waals surface area (Å²) in [7, 11) is 0. The molecule has 0 bridgehead atoms. The van der Waals surface area contributed by atoms with Gasteiger partial charge in [-0.1, -0.05) is 11.6 Å². The molecule has 0 aromatic heterocycles. The Morgan fingerprint density at radius 1 is 1.13 bits per heavy atom. The molecule has 128 valence electrons. The number of piperazine rings is 1. The number of halogens is 2. The lowest BCUT2D eigenvalue weighted by molar-refractivity contribution is -0.121. The summed E-state index contributed by atoms with van der Waals surface area (Å²) in [5, 5.41) is 6.76. The van der Waals surface area contributed by atoms with Gasteiger partial charge in [0.1, 0.15) is 0 Å². The van der Waals surface area contributed by atoms with Crippen molar-refractivity contribution in [2.24, 2.45) is 0 Å². The molecule has 1 aliphatic rings. The lowest BCUT2D eigenvalue weighted by Crippen LogP contribution is -2.46. The van der Waals surface area contributed by atoms with Crippen molar-refractivity contribution in [3.05, 3.63) is 34.9 Å². The van der Waals surface area contributed by atoms with E-state index < -0.39 is 0 Å². The predicted molar refractivity (Wildman–Crippen MR) is 94.6 cm³/mol. The van der Waals surface area contributed by atoms with E-state index in [9.17, 15) is 9.59 Å². The molecular formula is C16H23Cl2N3O2. The molecule has 7 heteroatoms. The van der Waals surface area contributed by atoms with Crippen LogP contribution in [0.5, 0.6) is 0 Å². The van der Waals surface area contributed by atoms with Crippen LogP contribution in [-0.2, 0) is 4.79 Å². The lowest BCUT2D eigenvalue weighted by atomic mass is 10.1. The van der Waals surface area contributed by atoms with Gasteiger partial charge in [0.2, 0.25) is 5.91 Å². The molecule has 0 aliphatic carbocycles. The largest absolute Gasteiger partial charge is 0.355 e. The number of hydrogen-bond acceptors (Lipinski definition) is 4. The first-order valence-electron chi connectivity index (χ1n) is 7.64. The number of Topliss-reactive ketones (excluding diaryl/α,β-unsaturated/α-hetero) is 1. The number of carbonyl (C=O) groups excluding carboxylic acids is 2. The van der Waals surface area contributed by atoms with E-state index >= 15 is 0 Å². The molecule has 5 nitrogen and oxygen atoms in total. The van der Waals surface area contributed by atoms with Gasteiger partial charge in [0.05, 0.1) is 0 Å². The minimum atomic E-state index is -0.0718. The molecule has 1 amide bonds. The number of benzene rings is 1. The summed E-state index contributed by atoms with van der Waals surface area (Å²) in [4.78, 5) is 26.0. The second-order valence-electron chi connectivity index (χ2n) is 5.37. The third-order valence-electron chi connectivity index (χ3n) is 3.71. The molecule has 1 saturated heterocycles. The van der Waals surface area contributed by atoms with Crippen molar-refractivity contribution in [2.75, 3.05) is 39.3 Å². The van der Waals surface area contributed by atoms with Crippen molar-refractivity contribution in [1.82, 2.24) is 15.5 Å². The Hall–Kier alpha value is -1.14. The maximum atomic E-state index is 11.9. The van der Waals surface area contributed by atoms with Crippen LogP contribution in [0.4, 0.5) is 0 Å². The number of nitrogens with zero attached hydrogens (tertiary/aromatic N) is 1. The fourth-order valence-corrected chi connectivity index (χ4v) is 2.51. The van der Waals surface area contributed by atoms with Gasteiger partial charge in [-0.25, -0.2) is 0 Å². The van der Waals surface area contributed by atoms with Gasteiger partial charge in [0, 0.05) is 62.7 Å². The van der Waals surface area contributed by atoms with Crippen molar-refractivity contribution in [1.29, 1.82) is 0 Å². The highest BCUT2D eigenvalue weighted by Gasteiger charge is 2.11. The summed E-state index contributed by atoms with van der Waals surface area (Å²) in [5.41, 5.74) is 0.595. The molecular weight excluding hydrogens is 337 g/mol. The number of hydrogen-bond donors (Lipinski definition) is 2. The molecule has 1 aliphatic heterocycles. The Kier molecular flexibility index (Phi) is 9.17. The first-order valence-corrected chi connectivity index (χ1v) is 8.01. The second-order valence-corrected chi connectivity index (χ2v) is 5.81. The van der Waals surface area contributed by atoms with Crippen molar-refractivity contribution < 1.29 is 9.59 Å². The third kappa shape index (κ3) is 7.31. The quantitative estimate of drug-likeness (QED) is 0.728. The molecule has 1 aromatic carbocycles. The molecule has 0 radical (unpaired) electrons. The monoisotopic (exact) mass is 359 g/mol. The van der Waals surface area contributed by atoms with Gasteiger partial charge in [-0.3, -0.25) is 14.5 Å². The number of nitrogens with one attached hydrogen (secondary N) is 2. The van der Waals surface area contributed by atoms with Crippen molar-refractivity contribution in [3.63, 3.8) is 0 Å². The minimum Gasteiger partial charge on any atom is -0.355 e. The molecule has 1 aromatic rings. The highest BCUT2D eigenvalue weighted by atomic mass is 35.5. The normalized spacial score (nSPS) is 14.8.